The Bertz CT molecular complexity index is 534. The Morgan fingerprint density at radius 3 is 2.50 bits per heavy atom. The summed E-state index contributed by atoms with van der Waals surface area (Å²) in [6.45, 7) is 22.6. The lowest BCUT2D eigenvalue weighted by Crippen LogP contribution is -2.14. The highest BCUT2D eigenvalue weighted by Crippen LogP contribution is 2.34. The minimum absolute atomic E-state index is 0.560. The smallest absolute Gasteiger partial charge is 0.154 e. The van der Waals surface area contributed by atoms with Crippen LogP contribution in [0.4, 0.5) is 0 Å². The molecule has 0 saturated carbocycles. The van der Waals surface area contributed by atoms with Crippen LogP contribution >= 0.6 is 0 Å². The predicted octanol–water partition coefficient (Wildman–Crippen LogP) is 5.09. The van der Waals surface area contributed by atoms with Gasteiger partial charge in [-0.3, -0.25) is 0 Å². The third-order valence-electron chi connectivity index (χ3n) is 4.74. The predicted molar refractivity (Wildman–Crippen MR) is 108 cm³/mol. The summed E-state index contributed by atoms with van der Waals surface area (Å²) in [5.74, 6) is 0.560. The van der Waals surface area contributed by atoms with E-state index in [1.807, 2.05) is 6.92 Å². The third-order valence-corrected chi connectivity index (χ3v) is 4.74. The largest absolute Gasteiger partial charge is 0.381 e. The molecule has 3 heteroatoms. The molecule has 1 saturated heterocycles. The lowest BCUT2D eigenvalue weighted by Gasteiger charge is -2.25. The minimum Gasteiger partial charge on any atom is -0.381 e. The molecule has 0 aromatic heterocycles. The topological polar surface area (TPSA) is 21.3 Å². The van der Waals surface area contributed by atoms with Gasteiger partial charge in [-0.1, -0.05) is 37.1 Å². The molecule has 0 aromatic rings. The van der Waals surface area contributed by atoms with E-state index in [4.69, 9.17) is 4.74 Å². The molecule has 1 N–H and O–H groups in total. The Kier molecular flexibility index (Phi) is 8.92. The van der Waals surface area contributed by atoms with Crippen LogP contribution in [0, 0.1) is 5.92 Å². The second kappa shape index (κ2) is 10.4. The van der Waals surface area contributed by atoms with E-state index in [-0.39, 0.29) is 0 Å². The maximum absolute atomic E-state index is 5.66. The highest BCUT2D eigenvalue weighted by Gasteiger charge is 2.21. The second-order valence-corrected chi connectivity index (χ2v) is 6.73. The molecule has 24 heavy (non-hydrogen) atoms. The first-order valence-corrected chi connectivity index (χ1v) is 9.13. The summed E-state index contributed by atoms with van der Waals surface area (Å²) < 4.78 is 5.66. The zero-order valence-corrected chi connectivity index (χ0v) is 16.1. The summed E-state index contributed by atoms with van der Waals surface area (Å²) in [6.07, 6.45) is 6.51. The number of hydrogen-bond acceptors (Lipinski definition) is 2. The zero-order chi connectivity index (χ0) is 18.1. The van der Waals surface area contributed by atoms with Crippen molar-refractivity contribution in [2.75, 3.05) is 13.2 Å². The van der Waals surface area contributed by atoms with E-state index in [2.05, 4.69) is 51.8 Å². The molecule has 1 unspecified atom stereocenters. The van der Waals surface area contributed by atoms with Crippen molar-refractivity contribution < 1.29 is 4.74 Å². The summed E-state index contributed by atoms with van der Waals surface area (Å²) >= 11 is 0. The Hall–Kier alpha value is -1.48. The van der Waals surface area contributed by atoms with Crippen LogP contribution in [0.15, 0.2) is 59.4 Å². The number of ether oxygens (including phenoxy) is 1. The van der Waals surface area contributed by atoms with Crippen molar-refractivity contribution in [1.82, 2.24) is 5.32 Å². The summed E-state index contributed by atoms with van der Waals surface area (Å²) in [6, 6.07) is 0. The fourth-order valence-corrected chi connectivity index (χ4v) is 3.36. The van der Waals surface area contributed by atoms with Gasteiger partial charge in [-0.05, 0) is 57.1 Å². The summed E-state index contributed by atoms with van der Waals surface area (Å²) in [5, 5.41) is 3.27. The van der Waals surface area contributed by atoms with Crippen LogP contribution in [0.1, 0.15) is 46.5 Å². The number of rotatable bonds is 8. The van der Waals surface area contributed by atoms with E-state index in [1.165, 1.54) is 28.6 Å². The molecule has 132 valence electrons. The van der Waals surface area contributed by atoms with Gasteiger partial charge in [-0.15, -0.1) is 6.58 Å². The van der Waals surface area contributed by atoms with Crippen LogP contribution in [0.2, 0.25) is 6.82 Å². The SMILES string of the molecule is C=C(C)NC(=C)CC(/C(=C\C)C1CCCOCC1)=C(\C)C(=C)BC. The molecule has 1 atom stereocenters. The number of nitrogens with one attached hydrogen (secondary N) is 1. The molecule has 0 aliphatic carbocycles. The highest BCUT2D eigenvalue weighted by molar-refractivity contribution is 6.45. The molecule has 1 rings (SSSR count). The quantitative estimate of drug-likeness (QED) is 0.495. The molecular formula is C21H34BNO. The molecule has 1 fully saturated rings. The van der Waals surface area contributed by atoms with Gasteiger partial charge in [0.1, 0.15) is 0 Å². The van der Waals surface area contributed by atoms with Gasteiger partial charge < -0.3 is 10.1 Å². The molecule has 0 bridgehead atoms. The zero-order valence-electron chi connectivity index (χ0n) is 16.1. The van der Waals surface area contributed by atoms with Crippen molar-refractivity contribution in [2.24, 2.45) is 5.92 Å². The lowest BCUT2D eigenvalue weighted by molar-refractivity contribution is 0.142. The van der Waals surface area contributed by atoms with Gasteiger partial charge in [0.05, 0.1) is 0 Å². The molecule has 1 aliphatic heterocycles. The van der Waals surface area contributed by atoms with Crippen molar-refractivity contribution in [3.63, 3.8) is 0 Å². The molecule has 0 radical (unpaired) electrons. The summed E-state index contributed by atoms with van der Waals surface area (Å²) in [4.78, 5) is 0. The molecule has 1 heterocycles. The molecule has 0 aromatic carbocycles. The summed E-state index contributed by atoms with van der Waals surface area (Å²) in [7, 11) is 0.973. The molecule has 2 nitrogen and oxygen atoms in total. The van der Waals surface area contributed by atoms with E-state index in [0.29, 0.717) is 5.92 Å². The van der Waals surface area contributed by atoms with Crippen LogP contribution in [0.3, 0.4) is 0 Å². The fraction of sp³-hybridized carbons (Fsp3) is 0.524. The van der Waals surface area contributed by atoms with Gasteiger partial charge in [0.15, 0.2) is 7.28 Å². The lowest BCUT2D eigenvalue weighted by atomic mass is 9.68. The van der Waals surface area contributed by atoms with E-state index in [0.717, 1.165) is 51.1 Å². The first kappa shape index (κ1) is 20.6. The van der Waals surface area contributed by atoms with Crippen LogP contribution in [-0.2, 0) is 4.74 Å². The van der Waals surface area contributed by atoms with Gasteiger partial charge >= 0.3 is 0 Å². The molecular weight excluding hydrogens is 293 g/mol. The Morgan fingerprint density at radius 1 is 1.21 bits per heavy atom. The van der Waals surface area contributed by atoms with Gasteiger partial charge in [0, 0.05) is 31.0 Å². The second-order valence-electron chi connectivity index (χ2n) is 6.73. The van der Waals surface area contributed by atoms with Gasteiger partial charge in [0.2, 0.25) is 0 Å². The normalized spacial score (nSPS) is 19.8. The first-order valence-electron chi connectivity index (χ1n) is 9.13. The van der Waals surface area contributed by atoms with Gasteiger partial charge in [0.25, 0.3) is 0 Å². The minimum atomic E-state index is 0.560. The summed E-state index contributed by atoms with van der Waals surface area (Å²) in [5.41, 5.74) is 7.24. The van der Waals surface area contributed by atoms with Crippen molar-refractivity contribution in [2.45, 2.75) is 53.3 Å². The Morgan fingerprint density at radius 2 is 1.92 bits per heavy atom. The van der Waals surface area contributed by atoms with Gasteiger partial charge in [-0.2, -0.15) is 0 Å². The average molecular weight is 327 g/mol. The first-order chi connectivity index (χ1) is 11.4. The number of allylic oxidation sites excluding steroid dienone is 6. The third kappa shape index (κ3) is 6.20. The molecule has 1 aliphatic rings. The monoisotopic (exact) mass is 327 g/mol. The maximum Gasteiger partial charge on any atom is 0.154 e. The van der Waals surface area contributed by atoms with Crippen molar-refractivity contribution in [3.05, 3.63) is 59.4 Å². The maximum atomic E-state index is 5.66. The Labute approximate surface area is 149 Å². The molecule has 0 spiro atoms. The Balaban J connectivity index is 3.16. The van der Waals surface area contributed by atoms with Crippen LogP contribution in [0.5, 0.6) is 0 Å². The van der Waals surface area contributed by atoms with Crippen molar-refractivity contribution >= 4 is 7.28 Å². The standard InChI is InChI=1S/C21H34BNO/c1-8-20(19-10-9-12-24-13-11-19)21(17(5)18(6)22-7)14-16(4)23-15(2)3/h8,19,22-23H,2,4,6,9-14H2,1,3,5,7H3/b20-8-,21-17-. The van der Waals surface area contributed by atoms with Crippen LogP contribution in [0.25, 0.3) is 0 Å². The average Bonchev–Trinajstić information content (AvgIpc) is 2.81. The van der Waals surface area contributed by atoms with E-state index in [9.17, 15) is 0 Å². The van der Waals surface area contributed by atoms with Crippen LogP contribution in [-0.4, -0.2) is 20.5 Å². The van der Waals surface area contributed by atoms with E-state index >= 15 is 0 Å². The van der Waals surface area contributed by atoms with Crippen molar-refractivity contribution in [3.8, 4) is 0 Å². The molecule has 0 amide bonds. The van der Waals surface area contributed by atoms with Crippen molar-refractivity contribution in [1.29, 1.82) is 0 Å². The van der Waals surface area contributed by atoms with E-state index < -0.39 is 0 Å². The van der Waals surface area contributed by atoms with E-state index in [1.54, 1.807) is 0 Å². The highest BCUT2D eigenvalue weighted by atomic mass is 16.5. The van der Waals surface area contributed by atoms with Gasteiger partial charge in [-0.25, -0.2) is 0 Å². The van der Waals surface area contributed by atoms with Crippen LogP contribution < -0.4 is 5.32 Å². The fourth-order valence-electron chi connectivity index (χ4n) is 3.36. The number of hydrogen-bond donors (Lipinski definition) is 1.